The number of fused-ring (bicyclic) bond motifs is 1. The van der Waals surface area contributed by atoms with Gasteiger partial charge in [0, 0.05) is 11.5 Å². The summed E-state index contributed by atoms with van der Waals surface area (Å²) in [5.74, 6) is 0. The first-order chi connectivity index (χ1) is 6.36. The summed E-state index contributed by atoms with van der Waals surface area (Å²) in [7, 11) is 2.03. The van der Waals surface area contributed by atoms with E-state index in [1.165, 1.54) is 10.8 Å². The summed E-state index contributed by atoms with van der Waals surface area (Å²) in [5.41, 5.74) is 0. The van der Waals surface area contributed by atoms with E-state index in [0.29, 0.717) is 0 Å². The Kier molecular flexibility index (Phi) is 3.44. The lowest BCUT2D eigenvalue weighted by molar-refractivity contribution is -0.670. The number of aromatic nitrogens is 1. The molecule has 2 aromatic rings. The largest absolute Gasteiger partial charge is 0.207 e. The van der Waals surface area contributed by atoms with Crippen molar-refractivity contribution < 1.29 is 4.57 Å². The van der Waals surface area contributed by atoms with Gasteiger partial charge in [-0.2, -0.15) is 0 Å². The highest BCUT2D eigenvalue weighted by atomic mass is 14.9. The van der Waals surface area contributed by atoms with Crippen molar-refractivity contribution in [1.29, 1.82) is 0 Å². The smallest absolute Gasteiger partial charge is 0.176 e. The van der Waals surface area contributed by atoms with Crippen molar-refractivity contribution in [2.24, 2.45) is 7.05 Å². The van der Waals surface area contributed by atoms with Gasteiger partial charge in [-0.15, -0.1) is 0 Å². The van der Waals surface area contributed by atoms with Gasteiger partial charge in [0.1, 0.15) is 7.05 Å². The molecule has 1 nitrogen and oxygen atoms in total. The monoisotopic (exact) mass is 174 g/mol. The first-order valence-electron chi connectivity index (χ1n) is 4.70. The number of nitrogens with zero attached hydrogens (tertiary/aromatic N) is 1. The molecule has 0 fully saturated rings. The van der Waals surface area contributed by atoms with E-state index in [9.17, 15) is 0 Å². The van der Waals surface area contributed by atoms with Crippen LogP contribution in [-0.4, -0.2) is 0 Å². The molecule has 1 aromatic carbocycles. The molecular weight excluding hydrogens is 158 g/mol. The molecule has 0 radical (unpaired) electrons. The van der Waals surface area contributed by atoms with Gasteiger partial charge in [-0.05, 0) is 11.5 Å². The molecule has 0 saturated carbocycles. The van der Waals surface area contributed by atoms with E-state index in [1.54, 1.807) is 0 Å². The van der Waals surface area contributed by atoms with Gasteiger partial charge in [0.05, 0.1) is 0 Å². The number of benzene rings is 1. The van der Waals surface area contributed by atoms with Crippen LogP contribution in [0.3, 0.4) is 0 Å². The topological polar surface area (TPSA) is 3.88 Å². The van der Waals surface area contributed by atoms with Crippen LogP contribution in [0.4, 0.5) is 0 Å². The van der Waals surface area contributed by atoms with E-state index in [1.807, 2.05) is 20.9 Å². The zero-order chi connectivity index (χ0) is 9.68. The van der Waals surface area contributed by atoms with Crippen LogP contribution in [0, 0.1) is 0 Å². The van der Waals surface area contributed by atoms with E-state index in [2.05, 4.69) is 47.3 Å². The van der Waals surface area contributed by atoms with Crippen molar-refractivity contribution >= 4 is 10.8 Å². The average Bonchev–Trinajstić information content (AvgIpc) is 2.21. The third kappa shape index (κ3) is 2.28. The molecule has 1 aromatic heterocycles. The van der Waals surface area contributed by atoms with Crippen molar-refractivity contribution in [3.8, 4) is 0 Å². The molecule has 1 heteroatoms. The van der Waals surface area contributed by atoms with Gasteiger partial charge >= 0.3 is 0 Å². The molecule has 0 atom stereocenters. The van der Waals surface area contributed by atoms with Gasteiger partial charge in [0.2, 0.25) is 0 Å². The standard InChI is InChI=1S/C10H10N.C2H6/c1-11-7-6-9-4-2-3-5-10(9)8-11;1-2/h2-8H,1H3;1-2H3/q+1;. The van der Waals surface area contributed by atoms with Crippen LogP contribution in [0.5, 0.6) is 0 Å². The summed E-state index contributed by atoms with van der Waals surface area (Å²) < 4.78 is 2.06. The molecule has 13 heavy (non-hydrogen) atoms. The van der Waals surface area contributed by atoms with Gasteiger partial charge in [-0.3, -0.25) is 0 Å². The molecule has 0 aliphatic heterocycles. The Morgan fingerprint density at radius 2 is 1.54 bits per heavy atom. The fourth-order valence-electron chi connectivity index (χ4n) is 1.24. The summed E-state index contributed by atoms with van der Waals surface area (Å²) in [4.78, 5) is 0. The van der Waals surface area contributed by atoms with Crippen LogP contribution in [0.25, 0.3) is 10.8 Å². The lowest BCUT2D eigenvalue weighted by atomic mass is 10.2. The highest BCUT2D eigenvalue weighted by Gasteiger charge is 1.94. The zero-order valence-corrected chi connectivity index (χ0v) is 8.49. The van der Waals surface area contributed by atoms with Crippen molar-refractivity contribution in [3.63, 3.8) is 0 Å². The van der Waals surface area contributed by atoms with Crippen molar-refractivity contribution in [2.75, 3.05) is 0 Å². The van der Waals surface area contributed by atoms with E-state index in [4.69, 9.17) is 0 Å². The van der Waals surface area contributed by atoms with Crippen LogP contribution in [0.1, 0.15) is 13.8 Å². The average molecular weight is 174 g/mol. The van der Waals surface area contributed by atoms with Crippen LogP contribution in [0.15, 0.2) is 42.7 Å². The predicted molar refractivity (Wildman–Crippen MR) is 56.5 cm³/mol. The molecule has 0 amide bonds. The van der Waals surface area contributed by atoms with Gasteiger partial charge < -0.3 is 0 Å². The maximum atomic E-state index is 2.12. The van der Waals surface area contributed by atoms with Crippen LogP contribution in [-0.2, 0) is 7.05 Å². The molecule has 0 aliphatic carbocycles. The highest BCUT2D eigenvalue weighted by molar-refractivity contribution is 5.80. The number of rotatable bonds is 0. The number of aryl methyl sites for hydroxylation is 1. The molecule has 0 N–H and O–H groups in total. The second-order valence-electron chi connectivity index (χ2n) is 2.74. The lowest BCUT2D eigenvalue weighted by Crippen LogP contribution is -2.25. The fraction of sp³-hybridized carbons (Fsp3) is 0.250. The van der Waals surface area contributed by atoms with Crippen molar-refractivity contribution in [2.45, 2.75) is 13.8 Å². The molecule has 0 bridgehead atoms. The van der Waals surface area contributed by atoms with E-state index in [0.717, 1.165) is 0 Å². The van der Waals surface area contributed by atoms with Gasteiger partial charge in [0.15, 0.2) is 12.4 Å². The summed E-state index contributed by atoms with van der Waals surface area (Å²) in [6, 6.07) is 10.5. The zero-order valence-electron chi connectivity index (χ0n) is 8.49. The minimum atomic E-state index is 1.29. The van der Waals surface area contributed by atoms with E-state index < -0.39 is 0 Å². The summed E-state index contributed by atoms with van der Waals surface area (Å²) in [6.45, 7) is 4.00. The van der Waals surface area contributed by atoms with Gasteiger partial charge in [-0.25, -0.2) is 4.57 Å². The molecule has 68 valence electrons. The quantitative estimate of drug-likeness (QED) is 0.541. The summed E-state index contributed by atoms with van der Waals surface area (Å²) in [6.07, 6.45) is 4.18. The number of pyridine rings is 1. The van der Waals surface area contributed by atoms with Crippen molar-refractivity contribution in [3.05, 3.63) is 42.7 Å². The predicted octanol–water partition coefficient (Wildman–Crippen LogP) is 2.69. The minimum absolute atomic E-state index is 1.29. The van der Waals surface area contributed by atoms with E-state index in [-0.39, 0.29) is 0 Å². The molecule has 1 heterocycles. The molecule has 2 rings (SSSR count). The fourth-order valence-corrected chi connectivity index (χ4v) is 1.24. The summed E-state index contributed by atoms with van der Waals surface area (Å²) in [5, 5.41) is 2.59. The Morgan fingerprint density at radius 1 is 0.923 bits per heavy atom. The van der Waals surface area contributed by atoms with E-state index >= 15 is 0 Å². The van der Waals surface area contributed by atoms with Crippen molar-refractivity contribution in [1.82, 2.24) is 0 Å². The maximum absolute atomic E-state index is 2.12. The highest BCUT2D eigenvalue weighted by Crippen LogP contribution is 2.08. The number of hydrogen-bond donors (Lipinski definition) is 0. The Morgan fingerprint density at radius 3 is 2.23 bits per heavy atom. The third-order valence-corrected chi connectivity index (χ3v) is 1.83. The van der Waals surface area contributed by atoms with Crippen LogP contribution in [0.2, 0.25) is 0 Å². The van der Waals surface area contributed by atoms with Crippen LogP contribution < -0.4 is 4.57 Å². The minimum Gasteiger partial charge on any atom is -0.207 e. The molecule has 0 unspecified atom stereocenters. The van der Waals surface area contributed by atoms with Gasteiger partial charge in [-0.1, -0.05) is 32.0 Å². The lowest BCUT2D eigenvalue weighted by Gasteiger charge is -1.92. The second kappa shape index (κ2) is 4.61. The first kappa shape index (κ1) is 9.72. The SMILES string of the molecule is CC.C[n+]1ccc2ccccc2c1. The Balaban J connectivity index is 0.000000396. The Labute approximate surface area is 79.6 Å². The van der Waals surface area contributed by atoms with Gasteiger partial charge in [0.25, 0.3) is 0 Å². The third-order valence-electron chi connectivity index (χ3n) is 1.83. The molecule has 0 saturated heterocycles. The molecule has 0 aliphatic rings. The molecule has 0 spiro atoms. The van der Waals surface area contributed by atoms with Crippen LogP contribution >= 0.6 is 0 Å². The number of hydrogen-bond acceptors (Lipinski definition) is 0. The second-order valence-corrected chi connectivity index (χ2v) is 2.74. The Bertz CT molecular complexity index is 380. The first-order valence-corrected chi connectivity index (χ1v) is 4.70. The molecular formula is C12H16N+. The normalized spacial score (nSPS) is 9.15. The maximum Gasteiger partial charge on any atom is 0.176 e. The Hall–Kier alpha value is -1.37. The summed E-state index contributed by atoms with van der Waals surface area (Å²) >= 11 is 0.